The van der Waals surface area contributed by atoms with Crippen molar-refractivity contribution >= 4 is 17.5 Å². The van der Waals surface area contributed by atoms with Crippen LogP contribution in [0.2, 0.25) is 5.02 Å². The molecule has 1 amide bonds. The molecule has 1 aromatic heterocycles. The molecule has 0 saturated carbocycles. The largest absolute Gasteiger partial charge is 0.494 e. The maximum Gasteiger partial charge on any atom is 0.278 e. The average Bonchev–Trinajstić information content (AvgIpc) is 2.80. The van der Waals surface area contributed by atoms with Gasteiger partial charge in [0.1, 0.15) is 0 Å². The number of methoxy groups -OCH3 is 1. The third-order valence-electron chi connectivity index (χ3n) is 5.67. The Hall–Kier alpha value is -3.23. The molecule has 0 atom stereocenters. The fourth-order valence-corrected chi connectivity index (χ4v) is 4.10. The highest BCUT2D eigenvalue weighted by molar-refractivity contribution is 6.32. The molecule has 4 rings (SSSR count). The van der Waals surface area contributed by atoms with Crippen LogP contribution in [0.1, 0.15) is 21.7 Å². The summed E-state index contributed by atoms with van der Waals surface area (Å²) >= 11 is 6.29. The number of halogens is 2. The minimum absolute atomic E-state index is 0.133. The number of hydrogen-bond acceptors (Lipinski definition) is 5. The van der Waals surface area contributed by atoms with Crippen LogP contribution in [0.5, 0.6) is 5.75 Å². The van der Waals surface area contributed by atoms with Gasteiger partial charge in [-0.15, -0.1) is 0 Å². The van der Waals surface area contributed by atoms with Gasteiger partial charge in [-0.1, -0.05) is 29.8 Å². The summed E-state index contributed by atoms with van der Waals surface area (Å²) in [6.07, 6.45) is 0. The van der Waals surface area contributed by atoms with Crippen LogP contribution in [-0.4, -0.2) is 58.8 Å². The van der Waals surface area contributed by atoms with Crippen LogP contribution in [-0.2, 0) is 6.54 Å². The lowest BCUT2D eigenvalue weighted by Gasteiger charge is -2.34. The number of benzene rings is 2. The highest BCUT2D eigenvalue weighted by Crippen LogP contribution is 2.21. The lowest BCUT2D eigenvalue weighted by molar-refractivity contribution is 0.0619. The van der Waals surface area contributed by atoms with Gasteiger partial charge in [0.2, 0.25) is 5.43 Å². The molecule has 1 saturated heterocycles. The van der Waals surface area contributed by atoms with Crippen LogP contribution in [0.15, 0.2) is 53.3 Å². The Morgan fingerprint density at radius 2 is 1.85 bits per heavy atom. The van der Waals surface area contributed by atoms with E-state index in [-0.39, 0.29) is 11.4 Å². The molecule has 0 N–H and O–H groups in total. The highest BCUT2D eigenvalue weighted by atomic mass is 35.5. The van der Waals surface area contributed by atoms with Gasteiger partial charge in [0.15, 0.2) is 17.3 Å². The number of hydrogen-bond donors (Lipinski definition) is 0. The zero-order valence-corrected chi connectivity index (χ0v) is 19.2. The van der Waals surface area contributed by atoms with E-state index in [1.165, 1.54) is 23.9 Å². The summed E-state index contributed by atoms with van der Waals surface area (Å²) < 4.78 is 20.4. The predicted molar refractivity (Wildman–Crippen MR) is 124 cm³/mol. The number of aromatic nitrogens is 2. The number of piperazine rings is 1. The summed E-state index contributed by atoms with van der Waals surface area (Å²) in [7, 11) is 1.43. The topological polar surface area (TPSA) is 67.7 Å². The molecule has 0 radical (unpaired) electrons. The first kappa shape index (κ1) is 22.9. The average molecular weight is 471 g/mol. The summed E-state index contributed by atoms with van der Waals surface area (Å²) in [6, 6.07) is 13.4. The second kappa shape index (κ2) is 9.72. The predicted octanol–water partition coefficient (Wildman–Crippen LogP) is 3.30. The normalized spacial score (nSPS) is 14.4. The molecule has 2 aromatic carbocycles. The van der Waals surface area contributed by atoms with Crippen LogP contribution in [0.25, 0.3) is 5.69 Å². The molecule has 3 aromatic rings. The van der Waals surface area contributed by atoms with Crippen LogP contribution in [0.3, 0.4) is 0 Å². The summed E-state index contributed by atoms with van der Waals surface area (Å²) in [4.78, 5) is 29.4. The van der Waals surface area contributed by atoms with Crippen molar-refractivity contribution in [3.63, 3.8) is 0 Å². The van der Waals surface area contributed by atoms with Gasteiger partial charge in [-0.05, 0) is 36.8 Å². The summed E-state index contributed by atoms with van der Waals surface area (Å²) in [5, 5.41) is 4.82. The molecule has 0 bridgehead atoms. The quantitative estimate of drug-likeness (QED) is 0.572. The number of para-hydroxylation sites is 1. The number of aryl methyl sites for hydroxylation is 1. The molecule has 0 spiro atoms. The third kappa shape index (κ3) is 4.91. The first-order valence-electron chi connectivity index (χ1n) is 10.6. The van der Waals surface area contributed by atoms with Gasteiger partial charge in [-0.3, -0.25) is 14.5 Å². The standard InChI is InChI=1S/C24H24ClFN4O3/c1-16-13-21(31)23(27-30(16)20-6-4-3-5-18(20)25)24(32)29-11-9-28(10-12-29)15-17-7-8-22(33-2)19(26)14-17/h3-8,13-14H,9-12,15H2,1-2H3. The Bertz CT molecular complexity index is 1240. The van der Waals surface area contributed by atoms with Crippen LogP contribution < -0.4 is 10.2 Å². The second-order valence-electron chi connectivity index (χ2n) is 7.90. The Labute approximate surface area is 196 Å². The maximum atomic E-state index is 14.0. The lowest BCUT2D eigenvalue weighted by atomic mass is 10.1. The van der Waals surface area contributed by atoms with Crippen molar-refractivity contribution in [1.29, 1.82) is 0 Å². The van der Waals surface area contributed by atoms with Gasteiger partial charge in [0.05, 0.1) is 17.8 Å². The highest BCUT2D eigenvalue weighted by Gasteiger charge is 2.26. The van der Waals surface area contributed by atoms with E-state index in [1.807, 2.05) is 12.1 Å². The van der Waals surface area contributed by atoms with E-state index >= 15 is 0 Å². The van der Waals surface area contributed by atoms with Crippen molar-refractivity contribution < 1.29 is 13.9 Å². The zero-order valence-electron chi connectivity index (χ0n) is 18.4. The molecular weight excluding hydrogens is 447 g/mol. The van der Waals surface area contributed by atoms with Gasteiger partial charge >= 0.3 is 0 Å². The maximum absolute atomic E-state index is 14.0. The van der Waals surface area contributed by atoms with E-state index in [2.05, 4.69) is 10.00 Å². The van der Waals surface area contributed by atoms with Crippen LogP contribution in [0, 0.1) is 12.7 Å². The second-order valence-corrected chi connectivity index (χ2v) is 8.31. The van der Waals surface area contributed by atoms with E-state index in [1.54, 1.807) is 36.1 Å². The van der Waals surface area contributed by atoms with Gasteiger partial charge in [-0.2, -0.15) is 5.10 Å². The molecule has 1 aliphatic rings. The molecule has 9 heteroatoms. The van der Waals surface area contributed by atoms with Crippen molar-refractivity contribution in [3.8, 4) is 11.4 Å². The first-order valence-corrected chi connectivity index (χ1v) is 10.9. The van der Waals surface area contributed by atoms with E-state index in [4.69, 9.17) is 16.3 Å². The van der Waals surface area contributed by atoms with Gasteiger partial charge in [-0.25, -0.2) is 9.07 Å². The van der Waals surface area contributed by atoms with Crippen molar-refractivity contribution in [2.75, 3.05) is 33.3 Å². The Kier molecular flexibility index (Phi) is 6.76. The molecule has 7 nitrogen and oxygen atoms in total. The van der Waals surface area contributed by atoms with Crippen molar-refractivity contribution in [2.45, 2.75) is 13.5 Å². The van der Waals surface area contributed by atoms with E-state index in [0.717, 1.165) is 5.56 Å². The first-order chi connectivity index (χ1) is 15.9. The fourth-order valence-electron chi connectivity index (χ4n) is 3.89. The molecule has 0 unspecified atom stereocenters. The van der Waals surface area contributed by atoms with Crippen molar-refractivity contribution in [3.05, 3.63) is 86.5 Å². The molecule has 33 heavy (non-hydrogen) atoms. The minimum Gasteiger partial charge on any atom is -0.494 e. The van der Waals surface area contributed by atoms with E-state index in [9.17, 15) is 14.0 Å². The van der Waals surface area contributed by atoms with E-state index < -0.39 is 17.2 Å². The zero-order chi connectivity index (χ0) is 23.5. The van der Waals surface area contributed by atoms with Gasteiger partial charge in [0.25, 0.3) is 5.91 Å². The molecule has 2 heterocycles. The number of carbonyl (C=O) groups excluding carboxylic acids is 1. The molecule has 1 aliphatic heterocycles. The van der Waals surface area contributed by atoms with Crippen molar-refractivity contribution in [1.82, 2.24) is 19.6 Å². The molecule has 0 aliphatic carbocycles. The third-order valence-corrected chi connectivity index (χ3v) is 5.99. The van der Waals surface area contributed by atoms with Crippen molar-refractivity contribution in [2.24, 2.45) is 0 Å². The summed E-state index contributed by atoms with van der Waals surface area (Å²) in [5.41, 5.74) is 1.46. The summed E-state index contributed by atoms with van der Waals surface area (Å²) in [5.74, 6) is -0.595. The molecular formula is C24H24ClFN4O3. The fraction of sp³-hybridized carbons (Fsp3) is 0.292. The lowest BCUT2D eigenvalue weighted by Crippen LogP contribution is -2.49. The number of rotatable bonds is 5. The Morgan fingerprint density at radius 1 is 1.12 bits per heavy atom. The summed E-state index contributed by atoms with van der Waals surface area (Å²) in [6.45, 7) is 4.39. The Morgan fingerprint density at radius 3 is 2.52 bits per heavy atom. The number of amides is 1. The van der Waals surface area contributed by atoms with Gasteiger partial charge < -0.3 is 9.64 Å². The van der Waals surface area contributed by atoms with Gasteiger partial charge in [0, 0.05) is 44.5 Å². The Balaban J connectivity index is 1.47. The number of carbonyl (C=O) groups is 1. The monoisotopic (exact) mass is 470 g/mol. The van der Waals surface area contributed by atoms with Crippen LogP contribution >= 0.6 is 11.6 Å². The smallest absolute Gasteiger partial charge is 0.278 e. The number of nitrogens with zero attached hydrogens (tertiary/aromatic N) is 4. The molecule has 1 fully saturated rings. The van der Waals surface area contributed by atoms with E-state index in [0.29, 0.717) is 49.1 Å². The number of ether oxygens (including phenoxy) is 1. The SMILES string of the molecule is COc1ccc(CN2CCN(C(=O)c3nn(-c4ccccc4Cl)c(C)cc3=O)CC2)cc1F. The minimum atomic E-state index is -0.419. The molecule has 172 valence electrons. The van der Waals surface area contributed by atoms with Crippen LogP contribution in [0.4, 0.5) is 4.39 Å².